The summed E-state index contributed by atoms with van der Waals surface area (Å²) in [7, 11) is 0. The summed E-state index contributed by atoms with van der Waals surface area (Å²) in [5, 5.41) is -0.0979. The third-order valence-electron chi connectivity index (χ3n) is 2.55. The lowest BCUT2D eigenvalue weighted by molar-refractivity contribution is 1.16. The molecule has 0 N–H and O–H groups in total. The minimum atomic E-state index is -0.0979. The van der Waals surface area contributed by atoms with E-state index < -0.39 is 0 Å². The first kappa shape index (κ1) is 13.6. The maximum atomic E-state index is 6.55. The van der Waals surface area contributed by atoms with Crippen molar-refractivity contribution in [3.63, 3.8) is 0 Å². The Morgan fingerprint density at radius 3 is 2.41 bits per heavy atom. The number of halogens is 3. The smallest absolute Gasteiger partial charge is 0.0939 e. The van der Waals surface area contributed by atoms with Crippen molar-refractivity contribution in [3.05, 3.63) is 54.1 Å². The van der Waals surface area contributed by atoms with E-state index in [1.807, 2.05) is 0 Å². The number of alkyl halides is 1. The molecule has 0 bridgehead atoms. The van der Waals surface area contributed by atoms with Crippen molar-refractivity contribution in [2.45, 2.75) is 19.2 Å². The van der Waals surface area contributed by atoms with Crippen molar-refractivity contribution >= 4 is 54.8 Å². The molecule has 0 spiro atoms. The Morgan fingerprint density at radius 1 is 1.12 bits per heavy atom. The van der Waals surface area contributed by atoms with Crippen molar-refractivity contribution in [3.8, 4) is 0 Å². The molecule has 0 aliphatic heterocycles. The summed E-state index contributed by atoms with van der Waals surface area (Å²) in [6.45, 7) is 4.17. The van der Waals surface area contributed by atoms with Crippen LogP contribution in [0.5, 0.6) is 0 Å². The average Bonchev–Trinajstić information content (AvgIpc) is 2.62. The first-order valence-corrected chi connectivity index (χ1v) is 7.99. The quantitative estimate of drug-likeness (QED) is 0.531. The summed E-state index contributed by atoms with van der Waals surface area (Å²) in [5.41, 5.74) is 2.35. The maximum Gasteiger partial charge on any atom is 0.0939 e. The monoisotopic (exact) mass is 392 g/mol. The molecule has 2 aromatic rings. The zero-order valence-corrected chi connectivity index (χ0v) is 14.2. The summed E-state index contributed by atoms with van der Waals surface area (Å²) < 4.78 is 2.19. The molecule has 0 radical (unpaired) electrons. The van der Waals surface area contributed by atoms with Crippen LogP contribution in [-0.2, 0) is 0 Å². The highest BCUT2D eigenvalue weighted by atomic mass is 79.9. The van der Waals surface area contributed by atoms with Crippen LogP contribution in [0.2, 0.25) is 0 Å². The van der Waals surface area contributed by atoms with Gasteiger partial charge in [0.15, 0.2) is 0 Å². The largest absolute Gasteiger partial charge is 0.143 e. The van der Waals surface area contributed by atoms with E-state index in [9.17, 15) is 0 Å². The Hall–Kier alpha value is 0.170. The second-order valence-corrected chi connectivity index (χ2v) is 7.37. The van der Waals surface area contributed by atoms with E-state index in [1.54, 1.807) is 11.3 Å². The Labute approximate surface area is 127 Å². The molecule has 1 unspecified atom stereocenters. The number of benzene rings is 1. The molecule has 0 aliphatic carbocycles. The van der Waals surface area contributed by atoms with Gasteiger partial charge < -0.3 is 0 Å². The Balaban J connectivity index is 2.42. The number of rotatable bonds is 2. The van der Waals surface area contributed by atoms with Crippen LogP contribution in [0.25, 0.3) is 0 Å². The molecular formula is C13H11Br2ClS. The Kier molecular flexibility index (Phi) is 4.35. The molecule has 1 atom stereocenters. The predicted octanol–water partition coefficient (Wildman–Crippen LogP) is 6.22. The van der Waals surface area contributed by atoms with Crippen LogP contribution in [-0.4, -0.2) is 0 Å². The fourth-order valence-corrected chi connectivity index (χ4v) is 4.16. The molecule has 0 amide bonds. The van der Waals surface area contributed by atoms with Crippen molar-refractivity contribution in [1.29, 1.82) is 0 Å². The van der Waals surface area contributed by atoms with Gasteiger partial charge >= 0.3 is 0 Å². The van der Waals surface area contributed by atoms with E-state index in [2.05, 4.69) is 70.0 Å². The van der Waals surface area contributed by atoms with Crippen molar-refractivity contribution < 1.29 is 0 Å². The fourth-order valence-electron chi connectivity index (χ4n) is 1.62. The van der Waals surface area contributed by atoms with Gasteiger partial charge in [-0.1, -0.05) is 33.6 Å². The van der Waals surface area contributed by atoms with E-state index in [0.717, 1.165) is 14.5 Å². The number of aryl methyl sites for hydroxylation is 2. The van der Waals surface area contributed by atoms with Crippen LogP contribution < -0.4 is 0 Å². The molecule has 1 aromatic carbocycles. The van der Waals surface area contributed by atoms with Crippen LogP contribution in [0.15, 0.2) is 33.2 Å². The fraction of sp³-hybridized carbons (Fsp3) is 0.231. The topological polar surface area (TPSA) is 0 Å². The molecular weight excluding hydrogens is 383 g/mol. The molecule has 4 heteroatoms. The van der Waals surface area contributed by atoms with E-state index in [4.69, 9.17) is 11.6 Å². The van der Waals surface area contributed by atoms with Crippen LogP contribution in [0, 0.1) is 13.8 Å². The summed E-state index contributed by atoms with van der Waals surface area (Å²) in [5.74, 6) is 0. The van der Waals surface area contributed by atoms with Crippen molar-refractivity contribution in [1.82, 2.24) is 0 Å². The van der Waals surface area contributed by atoms with E-state index >= 15 is 0 Å². The number of hydrogen-bond donors (Lipinski definition) is 0. The first-order valence-electron chi connectivity index (χ1n) is 5.15. The third kappa shape index (κ3) is 2.95. The molecule has 1 heterocycles. The third-order valence-corrected chi connectivity index (χ3v) is 6.07. The average molecular weight is 395 g/mol. The van der Waals surface area contributed by atoms with Crippen LogP contribution in [0.1, 0.15) is 26.3 Å². The van der Waals surface area contributed by atoms with E-state index in [-0.39, 0.29) is 5.38 Å². The predicted molar refractivity (Wildman–Crippen MR) is 83.3 cm³/mol. The number of hydrogen-bond acceptors (Lipinski definition) is 1. The molecule has 0 fully saturated rings. The Bertz CT molecular complexity index is 529. The van der Waals surface area contributed by atoms with Gasteiger partial charge in [-0.3, -0.25) is 0 Å². The zero-order valence-electron chi connectivity index (χ0n) is 9.43. The number of thiophene rings is 1. The minimum absolute atomic E-state index is 0.0979. The highest BCUT2D eigenvalue weighted by Gasteiger charge is 2.17. The lowest BCUT2D eigenvalue weighted by atomic mass is 10.1. The van der Waals surface area contributed by atoms with Crippen molar-refractivity contribution in [2.24, 2.45) is 0 Å². The second kappa shape index (κ2) is 5.43. The molecule has 1 aromatic heterocycles. The highest BCUT2D eigenvalue weighted by Crippen LogP contribution is 2.40. The highest BCUT2D eigenvalue weighted by molar-refractivity contribution is 9.10. The lowest BCUT2D eigenvalue weighted by Crippen LogP contribution is -1.92. The second-order valence-electron chi connectivity index (χ2n) is 3.94. The molecule has 2 rings (SSSR count). The van der Waals surface area contributed by atoms with Gasteiger partial charge in [-0.15, -0.1) is 22.9 Å². The molecule has 0 aliphatic rings. The van der Waals surface area contributed by atoms with Gasteiger partial charge in [0.1, 0.15) is 0 Å². The van der Waals surface area contributed by atoms with Crippen LogP contribution in [0.4, 0.5) is 0 Å². The van der Waals surface area contributed by atoms with Gasteiger partial charge in [0.25, 0.3) is 0 Å². The zero-order chi connectivity index (χ0) is 12.6. The normalized spacial score (nSPS) is 12.8. The first-order chi connectivity index (χ1) is 7.99. The molecule has 0 saturated heterocycles. The van der Waals surface area contributed by atoms with Gasteiger partial charge in [-0.05, 0) is 47.5 Å². The van der Waals surface area contributed by atoms with E-state index in [0.29, 0.717) is 0 Å². The van der Waals surface area contributed by atoms with Gasteiger partial charge in [0.2, 0.25) is 0 Å². The summed E-state index contributed by atoms with van der Waals surface area (Å²) in [6.07, 6.45) is 0. The van der Waals surface area contributed by atoms with Crippen molar-refractivity contribution in [2.75, 3.05) is 0 Å². The lowest BCUT2D eigenvalue weighted by Gasteiger charge is -2.11. The van der Waals surface area contributed by atoms with Gasteiger partial charge in [-0.25, -0.2) is 0 Å². The maximum absolute atomic E-state index is 6.55. The minimum Gasteiger partial charge on any atom is -0.143 e. The SMILES string of the molecule is Cc1ccc(Br)c(C(Cl)c2cc(Br)c(C)s2)c1. The van der Waals surface area contributed by atoms with Gasteiger partial charge in [0, 0.05) is 18.7 Å². The molecule has 0 nitrogen and oxygen atoms in total. The molecule has 90 valence electrons. The molecule has 17 heavy (non-hydrogen) atoms. The molecule has 0 saturated carbocycles. The van der Waals surface area contributed by atoms with E-state index in [1.165, 1.54) is 15.3 Å². The van der Waals surface area contributed by atoms with Crippen LogP contribution in [0.3, 0.4) is 0 Å². The Morgan fingerprint density at radius 2 is 1.82 bits per heavy atom. The summed E-state index contributed by atoms with van der Waals surface area (Å²) in [6, 6.07) is 8.36. The summed E-state index contributed by atoms with van der Waals surface area (Å²) in [4.78, 5) is 2.43. The summed E-state index contributed by atoms with van der Waals surface area (Å²) >= 11 is 15.4. The van der Waals surface area contributed by atoms with Gasteiger partial charge in [0.05, 0.1) is 5.38 Å². The standard InChI is InChI=1S/C13H11Br2ClS/c1-7-3-4-10(14)9(5-7)13(16)12-6-11(15)8(2)17-12/h3-6,13H,1-2H3. The van der Waals surface area contributed by atoms with Crippen LogP contribution >= 0.6 is 54.8 Å². The van der Waals surface area contributed by atoms with Gasteiger partial charge in [-0.2, -0.15) is 0 Å².